The minimum absolute atomic E-state index is 0.233. The van der Waals surface area contributed by atoms with Crippen LogP contribution < -0.4 is 5.32 Å². The molecule has 0 saturated carbocycles. The molecular weight excluding hydrogens is 523 g/mol. The molecule has 5 rings (SSSR count). The molecule has 4 aromatic carbocycles. The zero-order chi connectivity index (χ0) is 27.9. The number of ether oxygens (including phenoxy) is 1. The van der Waals surface area contributed by atoms with Crippen molar-refractivity contribution in [1.29, 1.82) is 0 Å². The number of esters is 1. The molecule has 40 heavy (non-hydrogen) atoms. The molecule has 1 amide bonds. The third-order valence-electron chi connectivity index (χ3n) is 6.06. The molecule has 1 aliphatic rings. The van der Waals surface area contributed by atoms with Crippen molar-refractivity contribution in [3.63, 3.8) is 0 Å². The molecule has 0 fully saturated rings. The number of amidine groups is 1. The van der Waals surface area contributed by atoms with Gasteiger partial charge < -0.3 is 10.1 Å². The first-order valence-corrected chi connectivity index (χ1v) is 13.5. The van der Waals surface area contributed by atoms with E-state index in [1.807, 2.05) is 48.5 Å². The summed E-state index contributed by atoms with van der Waals surface area (Å²) < 4.78 is 18.5. The third-order valence-corrected chi connectivity index (χ3v) is 6.96. The second-order valence-corrected chi connectivity index (χ2v) is 9.88. The highest BCUT2D eigenvalue weighted by Gasteiger charge is 2.22. The summed E-state index contributed by atoms with van der Waals surface area (Å²) in [6.07, 6.45) is 3.49. The number of aliphatic imine (C=N–C) groups is 1. The van der Waals surface area contributed by atoms with Gasteiger partial charge in [-0.2, -0.15) is 4.99 Å². The van der Waals surface area contributed by atoms with Gasteiger partial charge in [0.25, 0.3) is 5.91 Å². The molecule has 0 unspecified atom stereocenters. The zero-order valence-corrected chi connectivity index (χ0v) is 22.5. The van der Waals surface area contributed by atoms with E-state index in [2.05, 4.69) is 22.4 Å². The Morgan fingerprint density at radius 3 is 2.20 bits per heavy atom. The van der Waals surface area contributed by atoms with Crippen molar-refractivity contribution in [1.82, 2.24) is 0 Å². The maximum Gasteiger partial charge on any atom is 0.338 e. The van der Waals surface area contributed by atoms with Crippen molar-refractivity contribution < 1.29 is 18.7 Å². The molecule has 198 valence electrons. The number of hydrogen-bond donors (Lipinski definition) is 1. The quantitative estimate of drug-likeness (QED) is 0.146. The van der Waals surface area contributed by atoms with Crippen LogP contribution in [-0.2, 0) is 14.3 Å². The molecule has 1 heterocycles. The van der Waals surface area contributed by atoms with E-state index >= 15 is 0 Å². The van der Waals surface area contributed by atoms with Crippen molar-refractivity contribution >= 4 is 52.2 Å². The van der Waals surface area contributed by atoms with Gasteiger partial charge in [0.2, 0.25) is 0 Å². The third kappa shape index (κ3) is 6.62. The molecular formula is C33H25FN2O3S. The van der Waals surface area contributed by atoms with Crippen LogP contribution >= 0.6 is 11.8 Å². The average Bonchev–Trinajstić information content (AvgIpc) is 3.32. The van der Waals surface area contributed by atoms with Crippen molar-refractivity contribution in [2.75, 3.05) is 11.9 Å². The van der Waals surface area contributed by atoms with Gasteiger partial charge in [-0.1, -0.05) is 78.9 Å². The van der Waals surface area contributed by atoms with Crippen LogP contribution in [0, 0.1) is 5.82 Å². The number of carbonyl (C=O) groups excluding carboxylic acids is 2. The van der Waals surface area contributed by atoms with Gasteiger partial charge in [-0.3, -0.25) is 4.79 Å². The van der Waals surface area contributed by atoms with Gasteiger partial charge in [0, 0.05) is 5.69 Å². The predicted molar refractivity (Wildman–Crippen MR) is 161 cm³/mol. The Kier molecular flexibility index (Phi) is 8.32. The topological polar surface area (TPSA) is 67.8 Å². The van der Waals surface area contributed by atoms with E-state index in [1.165, 1.54) is 23.9 Å². The van der Waals surface area contributed by atoms with E-state index in [-0.39, 0.29) is 18.3 Å². The fourth-order valence-corrected chi connectivity index (χ4v) is 4.90. The van der Waals surface area contributed by atoms with Crippen molar-refractivity contribution in [2.24, 2.45) is 4.99 Å². The highest BCUT2D eigenvalue weighted by atomic mass is 32.2. The van der Waals surface area contributed by atoms with Crippen LogP contribution in [-0.4, -0.2) is 23.7 Å². The maximum absolute atomic E-state index is 13.3. The second-order valence-electron chi connectivity index (χ2n) is 8.85. The van der Waals surface area contributed by atoms with E-state index in [9.17, 15) is 14.0 Å². The van der Waals surface area contributed by atoms with Crippen LogP contribution in [0.2, 0.25) is 0 Å². The summed E-state index contributed by atoms with van der Waals surface area (Å²) >= 11 is 1.27. The lowest BCUT2D eigenvalue weighted by atomic mass is 10.0. The van der Waals surface area contributed by atoms with Crippen LogP contribution in [0.25, 0.3) is 28.9 Å². The first kappa shape index (κ1) is 26.8. The lowest BCUT2D eigenvalue weighted by Crippen LogP contribution is -2.08. The first-order chi connectivity index (χ1) is 19.5. The molecule has 0 aromatic heterocycles. The van der Waals surface area contributed by atoms with Crippen LogP contribution in [0.1, 0.15) is 23.6 Å². The molecule has 0 radical (unpaired) electrons. The van der Waals surface area contributed by atoms with Gasteiger partial charge in [-0.15, -0.1) is 0 Å². The summed E-state index contributed by atoms with van der Waals surface area (Å²) in [4.78, 5) is 29.9. The Balaban J connectivity index is 1.27. The fourth-order valence-electron chi connectivity index (χ4n) is 4.07. The number of rotatable bonds is 7. The summed E-state index contributed by atoms with van der Waals surface area (Å²) in [5, 5.41) is 3.64. The minimum Gasteiger partial charge on any atom is -0.462 e. The molecule has 4 aromatic rings. The molecule has 0 atom stereocenters. The number of amides is 1. The number of carbonyl (C=O) groups is 2. The zero-order valence-electron chi connectivity index (χ0n) is 21.6. The molecule has 1 aliphatic heterocycles. The van der Waals surface area contributed by atoms with Gasteiger partial charge in [-0.05, 0) is 82.9 Å². The standard InChI is InChI=1S/C33H25FN2O3S/c1-2-39-32(38)29(20-22-10-16-27(34)17-11-22)26-14-18-28(19-15-26)35-33-36-31(37)30(40-33)21-23-8-12-25(13-9-23)24-6-4-3-5-7-24/h3-21H,2H2,1H3,(H,35,36,37). The number of halogens is 1. The molecule has 0 bridgehead atoms. The molecule has 1 N–H and O–H groups in total. The van der Waals surface area contributed by atoms with Gasteiger partial charge in [0.05, 0.1) is 17.1 Å². The Labute approximate surface area is 236 Å². The lowest BCUT2D eigenvalue weighted by molar-refractivity contribution is -0.136. The number of hydrogen-bond acceptors (Lipinski definition) is 5. The Bertz CT molecular complexity index is 1610. The fraction of sp³-hybridized carbons (Fsp3) is 0.0606. The van der Waals surface area contributed by atoms with Gasteiger partial charge in [-0.25, -0.2) is 9.18 Å². The largest absolute Gasteiger partial charge is 0.462 e. The van der Waals surface area contributed by atoms with Gasteiger partial charge in [0.15, 0.2) is 5.17 Å². The summed E-state index contributed by atoms with van der Waals surface area (Å²) in [5.41, 5.74) is 5.53. The molecule has 5 nitrogen and oxygen atoms in total. The number of anilines is 1. The summed E-state index contributed by atoms with van der Waals surface area (Å²) in [5.74, 6) is -1.13. The van der Waals surface area contributed by atoms with E-state index < -0.39 is 5.97 Å². The SMILES string of the molecule is CCOC(=O)C(=Cc1ccc(F)cc1)c1ccc(NC2=NC(=O)C(=Cc3ccc(-c4ccccc4)cc3)S2)cc1. The normalized spacial score (nSPS) is 14.2. The Morgan fingerprint density at radius 2 is 1.52 bits per heavy atom. The van der Waals surface area contributed by atoms with Gasteiger partial charge in [0.1, 0.15) is 5.82 Å². The number of nitrogens with zero attached hydrogens (tertiary/aromatic N) is 1. The molecule has 7 heteroatoms. The molecule has 0 aliphatic carbocycles. The number of nitrogens with one attached hydrogen (secondary N) is 1. The monoisotopic (exact) mass is 548 g/mol. The number of thioether (sulfide) groups is 1. The highest BCUT2D eigenvalue weighted by molar-refractivity contribution is 8.18. The van der Waals surface area contributed by atoms with Crippen LogP contribution in [0.3, 0.4) is 0 Å². The molecule has 0 spiro atoms. The van der Waals surface area contributed by atoms with Crippen molar-refractivity contribution in [2.45, 2.75) is 6.92 Å². The smallest absolute Gasteiger partial charge is 0.338 e. The summed E-state index contributed by atoms with van der Waals surface area (Å²) in [7, 11) is 0. The Hall–Kier alpha value is -4.75. The molecule has 0 saturated heterocycles. The van der Waals surface area contributed by atoms with E-state index in [4.69, 9.17) is 4.74 Å². The van der Waals surface area contributed by atoms with Gasteiger partial charge >= 0.3 is 5.97 Å². The second kappa shape index (κ2) is 12.4. The van der Waals surface area contributed by atoms with E-state index in [0.29, 0.717) is 32.5 Å². The first-order valence-electron chi connectivity index (χ1n) is 12.7. The average molecular weight is 549 g/mol. The predicted octanol–water partition coefficient (Wildman–Crippen LogP) is 7.68. The lowest BCUT2D eigenvalue weighted by Gasteiger charge is -2.10. The maximum atomic E-state index is 13.3. The number of benzene rings is 4. The van der Waals surface area contributed by atoms with Crippen LogP contribution in [0.15, 0.2) is 113 Å². The van der Waals surface area contributed by atoms with Crippen molar-refractivity contribution in [3.05, 3.63) is 131 Å². The Morgan fingerprint density at radius 1 is 0.875 bits per heavy atom. The van der Waals surface area contributed by atoms with Crippen LogP contribution in [0.5, 0.6) is 0 Å². The summed E-state index contributed by atoms with van der Waals surface area (Å²) in [6.45, 7) is 1.97. The van der Waals surface area contributed by atoms with E-state index in [1.54, 1.807) is 49.4 Å². The van der Waals surface area contributed by atoms with Crippen molar-refractivity contribution in [3.8, 4) is 11.1 Å². The van der Waals surface area contributed by atoms with E-state index in [0.717, 1.165) is 16.7 Å². The minimum atomic E-state index is -0.472. The van der Waals surface area contributed by atoms with Crippen LogP contribution in [0.4, 0.5) is 10.1 Å². The highest BCUT2D eigenvalue weighted by Crippen LogP contribution is 2.30. The summed E-state index contributed by atoms with van der Waals surface area (Å²) in [6, 6.07) is 31.1.